The fraction of sp³-hybridized carbons (Fsp3) is 0.417. The number of imidazole rings is 1. The van der Waals surface area contributed by atoms with Crippen molar-refractivity contribution in [1.82, 2.24) is 19.4 Å². The van der Waals surface area contributed by atoms with Crippen molar-refractivity contribution in [3.8, 4) is 0 Å². The molecule has 7 heteroatoms. The zero-order valence-corrected chi connectivity index (χ0v) is 11.1. The van der Waals surface area contributed by atoms with Crippen molar-refractivity contribution in [3.05, 3.63) is 23.2 Å². The minimum atomic E-state index is -0.842. The second-order valence-corrected chi connectivity index (χ2v) is 5.08. The SMILES string of the molecule is O=C(O)N1CCC(n2c(=S)[nH]c3cnccc32)CC1. The number of fused-ring (bicyclic) bond motifs is 1. The molecule has 1 amide bonds. The minimum absolute atomic E-state index is 0.249. The van der Waals surface area contributed by atoms with E-state index >= 15 is 0 Å². The largest absolute Gasteiger partial charge is 0.465 e. The van der Waals surface area contributed by atoms with Crippen molar-refractivity contribution < 1.29 is 9.90 Å². The molecule has 100 valence electrons. The summed E-state index contributed by atoms with van der Waals surface area (Å²) in [6.45, 7) is 1.11. The number of likely N-dealkylation sites (tertiary alicyclic amines) is 1. The lowest BCUT2D eigenvalue weighted by atomic mass is 10.1. The van der Waals surface area contributed by atoms with Crippen LogP contribution in [0.2, 0.25) is 0 Å². The van der Waals surface area contributed by atoms with Crippen molar-refractivity contribution in [2.24, 2.45) is 0 Å². The zero-order valence-electron chi connectivity index (χ0n) is 10.2. The summed E-state index contributed by atoms with van der Waals surface area (Å²) in [5, 5.41) is 8.97. The van der Waals surface area contributed by atoms with Crippen molar-refractivity contribution in [3.63, 3.8) is 0 Å². The van der Waals surface area contributed by atoms with Crippen molar-refractivity contribution in [1.29, 1.82) is 0 Å². The van der Waals surface area contributed by atoms with Gasteiger partial charge in [0.2, 0.25) is 0 Å². The van der Waals surface area contributed by atoms with E-state index in [9.17, 15) is 4.79 Å². The summed E-state index contributed by atoms with van der Waals surface area (Å²) in [5.74, 6) is 0. The lowest BCUT2D eigenvalue weighted by Crippen LogP contribution is -2.38. The highest BCUT2D eigenvalue weighted by atomic mass is 32.1. The van der Waals surface area contributed by atoms with Crippen LogP contribution in [0.5, 0.6) is 0 Å². The number of carbonyl (C=O) groups is 1. The number of piperidine rings is 1. The van der Waals surface area contributed by atoms with E-state index in [2.05, 4.69) is 14.5 Å². The number of pyridine rings is 1. The minimum Gasteiger partial charge on any atom is -0.465 e. The van der Waals surface area contributed by atoms with Gasteiger partial charge >= 0.3 is 6.09 Å². The molecule has 3 rings (SSSR count). The summed E-state index contributed by atoms with van der Waals surface area (Å²) in [6.07, 6.45) is 4.23. The van der Waals surface area contributed by atoms with E-state index < -0.39 is 6.09 Å². The summed E-state index contributed by atoms with van der Waals surface area (Å²) < 4.78 is 2.77. The molecule has 0 bridgehead atoms. The first-order valence-electron chi connectivity index (χ1n) is 6.19. The maximum atomic E-state index is 10.9. The van der Waals surface area contributed by atoms with Crippen LogP contribution in [0, 0.1) is 4.77 Å². The van der Waals surface area contributed by atoms with Crippen molar-refractivity contribution >= 4 is 29.3 Å². The van der Waals surface area contributed by atoms with E-state index in [-0.39, 0.29) is 6.04 Å². The number of aromatic nitrogens is 3. The molecular weight excluding hydrogens is 264 g/mol. The lowest BCUT2D eigenvalue weighted by Gasteiger charge is -2.31. The van der Waals surface area contributed by atoms with Gasteiger partial charge in [0.15, 0.2) is 4.77 Å². The summed E-state index contributed by atoms with van der Waals surface area (Å²) in [7, 11) is 0. The first-order valence-corrected chi connectivity index (χ1v) is 6.60. The predicted molar refractivity (Wildman–Crippen MR) is 72.8 cm³/mol. The molecule has 1 aliphatic heterocycles. The summed E-state index contributed by atoms with van der Waals surface area (Å²) >= 11 is 5.36. The van der Waals surface area contributed by atoms with Crippen LogP contribution >= 0.6 is 12.2 Å². The van der Waals surface area contributed by atoms with Crippen molar-refractivity contribution in [2.75, 3.05) is 13.1 Å². The number of H-pyrrole nitrogens is 1. The fourth-order valence-corrected chi connectivity index (χ4v) is 3.01. The van der Waals surface area contributed by atoms with Gasteiger partial charge in [-0.25, -0.2) is 4.79 Å². The van der Waals surface area contributed by atoms with Gasteiger partial charge in [-0.2, -0.15) is 0 Å². The molecule has 0 spiro atoms. The van der Waals surface area contributed by atoms with Crippen LogP contribution in [-0.4, -0.2) is 43.7 Å². The predicted octanol–water partition coefficient (Wildman–Crippen LogP) is 2.41. The summed E-state index contributed by atoms with van der Waals surface area (Å²) in [6, 6.07) is 2.19. The van der Waals surface area contributed by atoms with Gasteiger partial charge in [0.05, 0.1) is 17.2 Å². The van der Waals surface area contributed by atoms with Crippen LogP contribution in [0.4, 0.5) is 4.79 Å². The summed E-state index contributed by atoms with van der Waals surface area (Å²) in [5.41, 5.74) is 1.96. The molecule has 0 atom stereocenters. The van der Waals surface area contributed by atoms with Gasteiger partial charge in [-0.05, 0) is 31.1 Å². The maximum absolute atomic E-state index is 10.9. The van der Waals surface area contributed by atoms with Crippen LogP contribution < -0.4 is 0 Å². The maximum Gasteiger partial charge on any atom is 0.407 e. The third kappa shape index (κ3) is 2.10. The number of nitrogens with one attached hydrogen (secondary N) is 1. The first-order chi connectivity index (χ1) is 9.16. The average molecular weight is 278 g/mol. The topological polar surface area (TPSA) is 74.2 Å². The Balaban J connectivity index is 1.92. The van der Waals surface area contributed by atoms with E-state index in [4.69, 9.17) is 17.3 Å². The van der Waals surface area contributed by atoms with Crippen LogP contribution in [0.1, 0.15) is 18.9 Å². The molecule has 0 aromatic carbocycles. The van der Waals surface area contributed by atoms with Crippen LogP contribution in [-0.2, 0) is 0 Å². The third-order valence-corrected chi connectivity index (χ3v) is 3.92. The molecule has 1 aliphatic rings. The number of aromatic amines is 1. The Bertz CT molecular complexity index is 670. The monoisotopic (exact) mass is 278 g/mol. The Kier molecular flexibility index (Phi) is 2.98. The zero-order chi connectivity index (χ0) is 13.4. The Morgan fingerprint density at radius 2 is 2.21 bits per heavy atom. The van der Waals surface area contributed by atoms with Gasteiger partial charge in [-0.1, -0.05) is 0 Å². The molecular formula is C12H14N4O2S. The van der Waals surface area contributed by atoms with Gasteiger partial charge in [0.1, 0.15) is 0 Å². The molecule has 0 unspecified atom stereocenters. The second kappa shape index (κ2) is 4.65. The normalized spacial score (nSPS) is 16.9. The number of nitrogens with zero attached hydrogens (tertiary/aromatic N) is 3. The quantitative estimate of drug-likeness (QED) is 0.786. The van der Waals surface area contributed by atoms with Gasteiger partial charge in [-0.15, -0.1) is 0 Å². The Hall–Kier alpha value is -1.89. The van der Waals surface area contributed by atoms with Crippen LogP contribution in [0.25, 0.3) is 11.0 Å². The molecule has 2 aromatic rings. The molecule has 1 fully saturated rings. The molecule has 0 saturated carbocycles. The van der Waals surface area contributed by atoms with Gasteiger partial charge in [0.25, 0.3) is 0 Å². The lowest BCUT2D eigenvalue weighted by molar-refractivity contribution is 0.126. The first kappa shape index (κ1) is 12.2. The van der Waals surface area contributed by atoms with Gasteiger partial charge in [0, 0.05) is 25.3 Å². The number of hydrogen-bond acceptors (Lipinski definition) is 3. The molecule has 0 radical (unpaired) electrons. The van der Waals surface area contributed by atoms with E-state index in [0.717, 1.165) is 23.9 Å². The summed E-state index contributed by atoms with van der Waals surface area (Å²) in [4.78, 5) is 19.6. The molecule has 6 nitrogen and oxygen atoms in total. The van der Waals surface area contributed by atoms with E-state index in [1.54, 1.807) is 12.4 Å². The molecule has 2 aromatic heterocycles. The Morgan fingerprint density at radius 1 is 1.47 bits per heavy atom. The third-order valence-electron chi connectivity index (χ3n) is 3.62. The van der Waals surface area contributed by atoms with E-state index in [1.807, 2.05) is 6.07 Å². The highest BCUT2D eigenvalue weighted by molar-refractivity contribution is 7.71. The second-order valence-electron chi connectivity index (χ2n) is 4.69. The number of rotatable bonds is 1. The number of carboxylic acid groups (broad SMARTS) is 1. The van der Waals surface area contributed by atoms with Gasteiger partial charge < -0.3 is 19.6 Å². The van der Waals surface area contributed by atoms with Crippen LogP contribution in [0.15, 0.2) is 18.5 Å². The standard InChI is InChI=1S/C12H14N4O2S/c17-12(18)15-5-2-8(3-6-15)16-10-1-4-13-7-9(10)14-11(16)19/h1,4,7-8H,2-3,5-6H2,(H,14,19)(H,17,18). The van der Waals surface area contributed by atoms with Crippen molar-refractivity contribution in [2.45, 2.75) is 18.9 Å². The smallest absolute Gasteiger partial charge is 0.407 e. The number of hydrogen-bond donors (Lipinski definition) is 2. The molecule has 2 N–H and O–H groups in total. The van der Waals surface area contributed by atoms with E-state index in [0.29, 0.717) is 17.9 Å². The average Bonchev–Trinajstić information content (AvgIpc) is 2.74. The molecule has 1 saturated heterocycles. The fourth-order valence-electron chi connectivity index (χ4n) is 2.66. The van der Waals surface area contributed by atoms with Crippen LogP contribution in [0.3, 0.4) is 0 Å². The molecule has 19 heavy (non-hydrogen) atoms. The Labute approximate surface area is 114 Å². The van der Waals surface area contributed by atoms with Gasteiger partial charge in [-0.3, -0.25) is 4.98 Å². The number of amides is 1. The molecule has 0 aliphatic carbocycles. The highest BCUT2D eigenvalue weighted by Crippen LogP contribution is 2.27. The molecule has 3 heterocycles. The highest BCUT2D eigenvalue weighted by Gasteiger charge is 2.24. The van der Waals surface area contributed by atoms with E-state index in [1.165, 1.54) is 4.90 Å². The Morgan fingerprint density at radius 3 is 2.89 bits per heavy atom.